The number of halogens is 4. The minimum atomic E-state index is -4.33. The molecule has 1 saturated carbocycles. The van der Waals surface area contributed by atoms with Crippen molar-refractivity contribution < 1.29 is 22.7 Å². The predicted octanol–water partition coefficient (Wildman–Crippen LogP) is 5.83. The van der Waals surface area contributed by atoms with Crippen molar-refractivity contribution in [1.29, 1.82) is 0 Å². The number of Topliss-reactive ketones (excluding diaryl/α,β-unsaturated/α-hetero) is 1. The first-order valence-electron chi connectivity index (χ1n) is 10.5. The maximum absolute atomic E-state index is 13.5. The second-order valence-corrected chi connectivity index (χ2v) is 9.02. The van der Waals surface area contributed by atoms with E-state index in [0.717, 1.165) is 22.3 Å². The summed E-state index contributed by atoms with van der Waals surface area (Å²) in [6.07, 6.45) is -2.87. The number of alkyl halides is 3. The lowest BCUT2D eigenvalue weighted by atomic mass is 9.75. The molecule has 31 heavy (non-hydrogen) atoms. The van der Waals surface area contributed by atoms with Gasteiger partial charge in [-0.15, -0.1) is 0 Å². The van der Waals surface area contributed by atoms with Crippen LogP contribution in [0.1, 0.15) is 42.7 Å². The molecule has 1 unspecified atom stereocenters. The number of benzene rings is 2. The Labute approximate surface area is 184 Å². The highest BCUT2D eigenvalue weighted by atomic mass is 35.5. The Morgan fingerprint density at radius 3 is 2.39 bits per heavy atom. The number of nitrogens with one attached hydrogen (secondary N) is 1. The molecule has 1 heterocycles. The number of hydrogen-bond acceptors (Lipinski definition) is 3. The van der Waals surface area contributed by atoms with Crippen molar-refractivity contribution in [3.63, 3.8) is 0 Å². The largest absolute Gasteiger partial charge is 0.411 e. The normalized spacial score (nSPS) is 26.5. The van der Waals surface area contributed by atoms with Crippen molar-refractivity contribution in [2.45, 2.75) is 56.3 Å². The van der Waals surface area contributed by atoms with Gasteiger partial charge in [-0.1, -0.05) is 41.9 Å². The van der Waals surface area contributed by atoms with Gasteiger partial charge in [0, 0.05) is 11.6 Å². The molecule has 3 nitrogen and oxygen atoms in total. The van der Waals surface area contributed by atoms with Crippen LogP contribution in [0.5, 0.6) is 0 Å². The smallest absolute Gasteiger partial charge is 0.369 e. The van der Waals surface area contributed by atoms with Gasteiger partial charge >= 0.3 is 6.18 Å². The summed E-state index contributed by atoms with van der Waals surface area (Å²) < 4.78 is 42.3. The number of carbonyl (C=O) groups is 1. The van der Waals surface area contributed by atoms with Crippen molar-refractivity contribution in [3.05, 3.63) is 58.6 Å². The summed E-state index contributed by atoms with van der Waals surface area (Å²) in [5, 5.41) is 4.08. The number of rotatable bonds is 4. The fourth-order valence-electron chi connectivity index (χ4n) is 4.79. The van der Waals surface area contributed by atoms with Gasteiger partial charge in [-0.05, 0) is 67.0 Å². The average Bonchev–Trinajstić information content (AvgIpc) is 3.04. The SMILES string of the molecule is Cc1ccc(-c2ccc(Cl)cc2)cc1C1CNC2(CCC(OCC(F)(F)F)CC2)C1=O. The van der Waals surface area contributed by atoms with Gasteiger partial charge < -0.3 is 10.1 Å². The minimum absolute atomic E-state index is 0.137. The van der Waals surface area contributed by atoms with Crippen molar-refractivity contribution in [2.24, 2.45) is 0 Å². The molecule has 2 aromatic rings. The fraction of sp³-hybridized carbons (Fsp3) is 0.458. The molecule has 1 spiro atoms. The molecular weight excluding hydrogens is 427 g/mol. The standard InChI is InChI=1S/C24H25ClF3NO2/c1-15-2-3-17(16-4-6-18(25)7-5-16)12-20(15)21-13-29-23(22(21)30)10-8-19(9-11-23)31-14-24(26,27)28/h2-7,12,19,21,29H,8-11,13-14H2,1H3. The maximum Gasteiger partial charge on any atom is 0.411 e. The van der Waals surface area contributed by atoms with Crippen LogP contribution < -0.4 is 5.32 Å². The van der Waals surface area contributed by atoms with Crippen molar-refractivity contribution in [3.8, 4) is 11.1 Å². The van der Waals surface area contributed by atoms with E-state index >= 15 is 0 Å². The van der Waals surface area contributed by atoms with Crippen molar-refractivity contribution >= 4 is 17.4 Å². The van der Waals surface area contributed by atoms with Crippen LogP contribution in [0.4, 0.5) is 13.2 Å². The van der Waals surface area contributed by atoms with Gasteiger partial charge in [0.15, 0.2) is 5.78 Å². The van der Waals surface area contributed by atoms with Crippen molar-refractivity contribution in [1.82, 2.24) is 5.32 Å². The highest BCUT2D eigenvalue weighted by Crippen LogP contribution is 2.41. The van der Waals surface area contributed by atoms with E-state index in [1.165, 1.54) is 0 Å². The third-order valence-electron chi connectivity index (χ3n) is 6.53. The monoisotopic (exact) mass is 451 g/mol. The molecule has 1 aliphatic heterocycles. The fourth-order valence-corrected chi connectivity index (χ4v) is 4.91. The molecular formula is C24H25ClF3NO2. The van der Waals surface area contributed by atoms with E-state index in [1.807, 2.05) is 43.3 Å². The van der Waals surface area contributed by atoms with Gasteiger partial charge in [-0.25, -0.2) is 0 Å². The van der Waals surface area contributed by atoms with Crippen LogP contribution in [0.3, 0.4) is 0 Å². The first kappa shape index (κ1) is 22.3. The number of hydrogen-bond donors (Lipinski definition) is 1. The number of ether oxygens (including phenoxy) is 1. The second kappa shape index (κ2) is 8.57. The van der Waals surface area contributed by atoms with Crippen LogP contribution in [0.25, 0.3) is 11.1 Å². The highest BCUT2D eigenvalue weighted by Gasteiger charge is 2.50. The summed E-state index contributed by atoms with van der Waals surface area (Å²) in [7, 11) is 0. The van der Waals surface area contributed by atoms with E-state index in [0.29, 0.717) is 37.3 Å². The molecule has 1 atom stereocenters. The van der Waals surface area contributed by atoms with Crippen LogP contribution >= 0.6 is 11.6 Å². The van der Waals surface area contributed by atoms with E-state index in [-0.39, 0.29) is 11.7 Å². The minimum Gasteiger partial charge on any atom is -0.369 e. The van der Waals surface area contributed by atoms with E-state index in [9.17, 15) is 18.0 Å². The molecule has 1 saturated heterocycles. The van der Waals surface area contributed by atoms with E-state index < -0.39 is 24.4 Å². The third kappa shape index (κ3) is 4.81. The molecule has 0 radical (unpaired) electrons. The van der Waals surface area contributed by atoms with E-state index in [2.05, 4.69) is 11.4 Å². The quantitative estimate of drug-likeness (QED) is 0.635. The van der Waals surface area contributed by atoms with Crippen LogP contribution in [0.15, 0.2) is 42.5 Å². The van der Waals surface area contributed by atoms with Gasteiger partial charge in [0.25, 0.3) is 0 Å². The Hall–Kier alpha value is -1.89. The molecule has 0 aromatic heterocycles. The summed E-state index contributed by atoms with van der Waals surface area (Å²) in [6.45, 7) is 1.31. The Morgan fingerprint density at radius 2 is 1.74 bits per heavy atom. The summed E-state index contributed by atoms with van der Waals surface area (Å²) >= 11 is 6.00. The molecule has 4 rings (SSSR count). The third-order valence-corrected chi connectivity index (χ3v) is 6.79. The van der Waals surface area contributed by atoms with Crippen LogP contribution in [-0.2, 0) is 9.53 Å². The Balaban J connectivity index is 1.48. The molecule has 1 aliphatic carbocycles. The van der Waals surface area contributed by atoms with Crippen LogP contribution in [-0.4, -0.2) is 36.8 Å². The number of ketones is 1. The Bertz CT molecular complexity index is 950. The summed E-state index contributed by atoms with van der Waals surface area (Å²) in [5.41, 5.74) is 3.44. The zero-order valence-electron chi connectivity index (χ0n) is 17.3. The van der Waals surface area contributed by atoms with E-state index in [1.54, 1.807) is 0 Å². The molecule has 0 bridgehead atoms. The number of aryl methyl sites for hydroxylation is 1. The molecule has 2 aromatic carbocycles. The molecule has 2 fully saturated rings. The second-order valence-electron chi connectivity index (χ2n) is 8.58. The van der Waals surface area contributed by atoms with E-state index in [4.69, 9.17) is 16.3 Å². The lowest BCUT2D eigenvalue weighted by Crippen LogP contribution is -2.49. The Kier molecular flexibility index (Phi) is 6.16. The lowest BCUT2D eigenvalue weighted by molar-refractivity contribution is -0.189. The van der Waals surface area contributed by atoms with Gasteiger partial charge in [-0.3, -0.25) is 4.79 Å². The van der Waals surface area contributed by atoms with Gasteiger partial charge in [0.2, 0.25) is 0 Å². The van der Waals surface area contributed by atoms with Gasteiger partial charge in [-0.2, -0.15) is 13.2 Å². The highest BCUT2D eigenvalue weighted by molar-refractivity contribution is 6.30. The first-order chi connectivity index (χ1) is 14.7. The summed E-state index contributed by atoms with van der Waals surface area (Å²) in [5.74, 6) is -0.127. The summed E-state index contributed by atoms with van der Waals surface area (Å²) in [4.78, 5) is 13.5. The maximum atomic E-state index is 13.5. The zero-order chi connectivity index (χ0) is 22.2. The average molecular weight is 452 g/mol. The first-order valence-corrected chi connectivity index (χ1v) is 10.9. The predicted molar refractivity (Wildman–Crippen MR) is 114 cm³/mol. The number of carbonyl (C=O) groups excluding carboxylic acids is 1. The Morgan fingerprint density at radius 1 is 1.10 bits per heavy atom. The van der Waals surface area contributed by atoms with Gasteiger partial charge in [0.05, 0.1) is 17.6 Å². The molecule has 7 heteroatoms. The van der Waals surface area contributed by atoms with Crippen LogP contribution in [0.2, 0.25) is 5.02 Å². The lowest BCUT2D eigenvalue weighted by Gasteiger charge is -2.36. The molecule has 1 N–H and O–H groups in total. The van der Waals surface area contributed by atoms with Crippen molar-refractivity contribution in [2.75, 3.05) is 13.2 Å². The van der Waals surface area contributed by atoms with Crippen LogP contribution in [0, 0.1) is 6.92 Å². The molecule has 166 valence electrons. The summed E-state index contributed by atoms with van der Waals surface area (Å²) in [6, 6.07) is 13.7. The topological polar surface area (TPSA) is 38.3 Å². The zero-order valence-corrected chi connectivity index (χ0v) is 18.0. The molecule has 2 aliphatic rings. The van der Waals surface area contributed by atoms with Gasteiger partial charge in [0.1, 0.15) is 6.61 Å². The molecule has 0 amide bonds.